The summed E-state index contributed by atoms with van der Waals surface area (Å²) in [6.45, 7) is 8.59. The molecule has 0 saturated carbocycles. The third-order valence-electron chi connectivity index (χ3n) is 2.91. The van der Waals surface area contributed by atoms with E-state index in [0.29, 0.717) is 6.54 Å². The highest BCUT2D eigenvalue weighted by atomic mass is 32.1. The zero-order valence-corrected chi connectivity index (χ0v) is 12.9. The Morgan fingerprint density at radius 3 is 2.50 bits per heavy atom. The summed E-state index contributed by atoms with van der Waals surface area (Å²) in [6.07, 6.45) is 0. The number of nitrogens with two attached hydrogens (primary N) is 1. The lowest BCUT2D eigenvalue weighted by Crippen LogP contribution is -2.40. The third-order valence-corrected chi connectivity index (χ3v) is 4.32. The molecule has 1 amide bonds. The second-order valence-corrected chi connectivity index (χ2v) is 6.61. The molecule has 0 radical (unpaired) electrons. The van der Waals surface area contributed by atoms with Crippen LogP contribution in [0.2, 0.25) is 0 Å². The second kappa shape index (κ2) is 6.29. The summed E-state index contributed by atoms with van der Waals surface area (Å²) in [7, 11) is 0. The van der Waals surface area contributed by atoms with Gasteiger partial charge in [0.1, 0.15) is 0 Å². The van der Waals surface area contributed by atoms with Crippen LogP contribution < -0.4 is 11.1 Å². The Bertz CT molecular complexity index is 432. The molecule has 0 aromatic carbocycles. The Morgan fingerprint density at radius 2 is 2.11 bits per heavy atom. The summed E-state index contributed by atoms with van der Waals surface area (Å²) in [5.74, 6) is -0.349. The first-order valence-corrected chi connectivity index (χ1v) is 7.18. The molecule has 1 unspecified atom stereocenters. The largest absolute Gasteiger partial charge is 0.393 e. The van der Waals surface area contributed by atoms with Crippen LogP contribution in [0.4, 0.5) is 0 Å². The van der Waals surface area contributed by atoms with Gasteiger partial charge in [0.15, 0.2) is 0 Å². The van der Waals surface area contributed by atoms with Crippen LogP contribution in [0.1, 0.15) is 29.2 Å². The van der Waals surface area contributed by atoms with Crippen LogP contribution in [0.3, 0.4) is 0 Å². The molecule has 3 N–H and O–H groups in total. The van der Waals surface area contributed by atoms with E-state index in [1.807, 2.05) is 13.8 Å². The summed E-state index contributed by atoms with van der Waals surface area (Å²) in [5, 5.41) is 2.91. The summed E-state index contributed by atoms with van der Waals surface area (Å²) in [6, 6.07) is 2.10. The molecule has 18 heavy (non-hydrogen) atoms. The molecule has 0 bridgehead atoms. The molecular weight excluding hydrogens is 264 g/mol. The molecule has 0 aliphatic heterocycles. The number of aryl methyl sites for hydroxylation is 2. The van der Waals surface area contributed by atoms with Crippen LogP contribution in [-0.4, -0.2) is 10.9 Å². The maximum atomic E-state index is 12.0. The van der Waals surface area contributed by atoms with Crippen LogP contribution >= 0.6 is 23.6 Å². The minimum Gasteiger partial charge on any atom is -0.393 e. The van der Waals surface area contributed by atoms with Gasteiger partial charge in [0.2, 0.25) is 5.91 Å². The van der Waals surface area contributed by atoms with E-state index in [4.69, 9.17) is 18.0 Å². The third kappa shape index (κ3) is 3.78. The minimum atomic E-state index is -0.387. The van der Waals surface area contributed by atoms with E-state index in [-0.39, 0.29) is 22.7 Å². The van der Waals surface area contributed by atoms with Crippen molar-refractivity contribution in [3.05, 3.63) is 21.4 Å². The van der Waals surface area contributed by atoms with E-state index >= 15 is 0 Å². The quantitative estimate of drug-likeness (QED) is 0.817. The summed E-state index contributed by atoms with van der Waals surface area (Å²) < 4.78 is 0. The number of hydrogen-bond acceptors (Lipinski definition) is 3. The summed E-state index contributed by atoms with van der Waals surface area (Å²) >= 11 is 6.65. The van der Waals surface area contributed by atoms with E-state index in [9.17, 15) is 4.79 Å². The van der Waals surface area contributed by atoms with Gasteiger partial charge >= 0.3 is 0 Å². The molecule has 0 saturated heterocycles. The van der Waals surface area contributed by atoms with E-state index in [2.05, 4.69) is 25.2 Å². The predicted molar refractivity (Wildman–Crippen MR) is 80.8 cm³/mol. The Kier molecular flexibility index (Phi) is 5.28. The molecule has 0 aliphatic carbocycles. The molecule has 5 heteroatoms. The number of rotatable bonds is 5. The molecule has 1 aromatic rings. The van der Waals surface area contributed by atoms with Crippen molar-refractivity contribution in [3.63, 3.8) is 0 Å². The van der Waals surface area contributed by atoms with E-state index in [1.165, 1.54) is 10.4 Å². The van der Waals surface area contributed by atoms with Crippen molar-refractivity contribution in [2.75, 3.05) is 0 Å². The second-order valence-electron chi connectivity index (χ2n) is 4.79. The molecule has 0 spiro atoms. The topological polar surface area (TPSA) is 55.1 Å². The monoisotopic (exact) mass is 284 g/mol. The SMILES string of the molecule is Cc1cc(CNC(=O)C(C(N)=S)C(C)C)sc1C. The molecule has 3 nitrogen and oxygen atoms in total. The van der Waals surface area contributed by atoms with Crippen LogP contribution in [-0.2, 0) is 11.3 Å². The van der Waals surface area contributed by atoms with Gasteiger partial charge in [-0.15, -0.1) is 11.3 Å². The zero-order chi connectivity index (χ0) is 13.9. The molecule has 0 aliphatic rings. The number of carbonyl (C=O) groups is 1. The van der Waals surface area contributed by atoms with Crippen molar-refractivity contribution in [3.8, 4) is 0 Å². The molecular formula is C13H20N2OS2. The van der Waals surface area contributed by atoms with Gasteiger partial charge in [0.05, 0.1) is 17.5 Å². The number of thiophene rings is 1. The summed E-state index contributed by atoms with van der Waals surface area (Å²) in [5.41, 5.74) is 6.87. The van der Waals surface area contributed by atoms with Crippen molar-refractivity contribution in [1.82, 2.24) is 5.32 Å². The van der Waals surface area contributed by atoms with Crippen LogP contribution in [0.5, 0.6) is 0 Å². The summed E-state index contributed by atoms with van der Waals surface area (Å²) in [4.78, 5) is 14.7. The lowest BCUT2D eigenvalue weighted by molar-refractivity contribution is -0.124. The zero-order valence-electron chi connectivity index (χ0n) is 11.2. The van der Waals surface area contributed by atoms with Gasteiger partial charge in [-0.3, -0.25) is 4.79 Å². The van der Waals surface area contributed by atoms with E-state index < -0.39 is 0 Å². The van der Waals surface area contributed by atoms with E-state index in [1.54, 1.807) is 11.3 Å². The minimum absolute atomic E-state index is 0.0822. The lowest BCUT2D eigenvalue weighted by Gasteiger charge is -2.18. The van der Waals surface area contributed by atoms with Gasteiger partial charge in [0, 0.05) is 9.75 Å². The molecule has 1 atom stereocenters. The van der Waals surface area contributed by atoms with Crippen molar-refractivity contribution >= 4 is 34.5 Å². The van der Waals surface area contributed by atoms with Crippen LogP contribution in [0.15, 0.2) is 6.07 Å². The Hall–Kier alpha value is -0.940. The fourth-order valence-corrected chi connectivity index (χ4v) is 3.15. The average Bonchev–Trinajstić information content (AvgIpc) is 2.54. The fourth-order valence-electron chi connectivity index (χ4n) is 1.78. The van der Waals surface area contributed by atoms with Gasteiger partial charge in [-0.25, -0.2) is 0 Å². The van der Waals surface area contributed by atoms with Gasteiger partial charge in [0.25, 0.3) is 0 Å². The first kappa shape index (κ1) is 15.1. The van der Waals surface area contributed by atoms with Crippen LogP contribution in [0, 0.1) is 25.7 Å². The van der Waals surface area contributed by atoms with Gasteiger partial charge in [-0.1, -0.05) is 26.1 Å². The smallest absolute Gasteiger partial charge is 0.230 e. The predicted octanol–water partition coefficient (Wildman–Crippen LogP) is 2.54. The molecule has 1 heterocycles. The fraction of sp³-hybridized carbons (Fsp3) is 0.538. The normalized spacial score (nSPS) is 12.5. The van der Waals surface area contributed by atoms with Gasteiger partial charge in [-0.2, -0.15) is 0 Å². The first-order chi connectivity index (χ1) is 8.32. The van der Waals surface area contributed by atoms with Crippen molar-refractivity contribution in [2.24, 2.45) is 17.6 Å². The number of thiocarbonyl (C=S) groups is 1. The number of hydrogen-bond donors (Lipinski definition) is 2. The molecule has 100 valence electrons. The lowest BCUT2D eigenvalue weighted by atomic mass is 9.95. The van der Waals surface area contributed by atoms with Gasteiger partial charge < -0.3 is 11.1 Å². The maximum Gasteiger partial charge on any atom is 0.230 e. The molecule has 1 rings (SSSR count). The van der Waals surface area contributed by atoms with Crippen molar-refractivity contribution in [2.45, 2.75) is 34.2 Å². The number of carbonyl (C=O) groups excluding carboxylic acids is 1. The van der Waals surface area contributed by atoms with Crippen molar-refractivity contribution in [1.29, 1.82) is 0 Å². The maximum absolute atomic E-state index is 12.0. The average molecular weight is 284 g/mol. The van der Waals surface area contributed by atoms with Crippen LogP contribution in [0.25, 0.3) is 0 Å². The Balaban J connectivity index is 2.62. The van der Waals surface area contributed by atoms with Crippen molar-refractivity contribution < 1.29 is 4.79 Å². The van der Waals surface area contributed by atoms with E-state index in [0.717, 1.165) is 4.88 Å². The highest BCUT2D eigenvalue weighted by Crippen LogP contribution is 2.20. The standard InChI is InChI=1S/C13H20N2OS2/c1-7(2)11(12(14)17)13(16)15-6-10-5-8(3)9(4)18-10/h5,7,11H,6H2,1-4H3,(H2,14,17)(H,15,16). The Labute approximate surface area is 118 Å². The van der Waals surface area contributed by atoms with Gasteiger partial charge in [-0.05, 0) is 31.4 Å². The Morgan fingerprint density at radius 1 is 1.50 bits per heavy atom. The number of nitrogens with one attached hydrogen (secondary N) is 1. The highest BCUT2D eigenvalue weighted by Gasteiger charge is 2.24. The molecule has 0 fully saturated rings. The highest BCUT2D eigenvalue weighted by molar-refractivity contribution is 7.80. The molecule has 1 aromatic heterocycles. The first-order valence-electron chi connectivity index (χ1n) is 5.96. The number of amides is 1.